The molecule has 84 valence electrons. The Morgan fingerprint density at radius 3 is 2.88 bits per heavy atom. The maximum atomic E-state index is 13.7. The van der Waals surface area contributed by atoms with Gasteiger partial charge in [0, 0.05) is 0 Å². The van der Waals surface area contributed by atoms with Crippen LogP contribution in [-0.2, 0) is 11.3 Å². The first kappa shape index (κ1) is 11.1. The minimum absolute atomic E-state index is 0.0455. The fraction of sp³-hybridized carbons (Fsp3) is 0.111. The number of hydrogen-bond acceptors (Lipinski definition) is 3. The monoisotopic (exact) mass is 337 g/mol. The molecule has 0 saturated heterocycles. The van der Waals surface area contributed by atoms with Crippen molar-refractivity contribution >= 4 is 39.7 Å². The molecular weight excluding hydrogens is 332 g/mol. The molecular formula is C9H5FINO4. The van der Waals surface area contributed by atoms with E-state index < -0.39 is 24.1 Å². The molecule has 1 aromatic heterocycles. The van der Waals surface area contributed by atoms with Crippen molar-refractivity contribution in [2.75, 3.05) is 0 Å². The fourth-order valence-electron chi connectivity index (χ4n) is 1.38. The van der Waals surface area contributed by atoms with Gasteiger partial charge in [-0.25, -0.2) is 9.18 Å². The topological polar surface area (TPSA) is 72.4 Å². The molecule has 7 heteroatoms. The number of carboxylic acids is 1. The Labute approximate surface area is 102 Å². The molecule has 0 spiro atoms. The number of rotatable bonds is 2. The highest BCUT2D eigenvalue weighted by molar-refractivity contribution is 14.1. The molecule has 2 rings (SSSR count). The second-order valence-corrected chi connectivity index (χ2v) is 4.22. The second-order valence-electron chi connectivity index (χ2n) is 3.06. The molecule has 1 N–H and O–H groups in total. The van der Waals surface area contributed by atoms with Crippen LogP contribution >= 0.6 is 22.6 Å². The molecule has 0 radical (unpaired) electrons. The van der Waals surface area contributed by atoms with Crippen LogP contribution in [0.2, 0.25) is 0 Å². The maximum absolute atomic E-state index is 13.7. The Balaban J connectivity index is 2.81. The lowest BCUT2D eigenvalue weighted by Crippen LogP contribution is -2.20. The summed E-state index contributed by atoms with van der Waals surface area (Å²) in [7, 11) is 0. The van der Waals surface area contributed by atoms with Crippen LogP contribution in [-0.4, -0.2) is 15.6 Å². The maximum Gasteiger partial charge on any atom is 0.420 e. The first-order chi connectivity index (χ1) is 7.50. The molecule has 0 saturated carbocycles. The van der Waals surface area contributed by atoms with Gasteiger partial charge in [-0.2, -0.15) is 0 Å². The number of fused-ring (bicyclic) bond motifs is 1. The van der Waals surface area contributed by atoms with E-state index in [0.29, 0.717) is 3.57 Å². The molecule has 0 unspecified atom stereocenters. The third-order valence-electron chi connectivity index (χ3n) is 2.01. The summed E-state index contributed by atoms with van der Waals surface area (Å²) in [5, 5.41) is 8.60. The minimum Gasteiger partial charge on any atom is -0.480 e. The van der Waals surface area contributed by atoms with Crippen molar-refractivity contribution in [1.82, 2.24) is 4.57 Å². The SMILES string of the molecule is O=C(O)Cn1c(=O)oc2ccc(I)c(F)c21. The van der Waals surface area contributed by atoms with E-state index in [0.717, 1.165) is 4.57 Å². The second kappa shape index (κ2) is 3.89. The molecule has 0 fully saturated rings. The Kier molecular flexibility index (Phi) is 2.70. The number of carbonyl (C=O) groups is 1. The molecule has 0 aliphatic rings. The van der Waals surface area contributed by atoms with Crippen molar-refractivity contribution < 1.29 is 18.7 Å². The first-order valence-corrected chi connectivity index (χ1v) is 5.27. The van der Waals surface area contributed by atoms with Crippen LogP contribution < -0.4 is 5.76 Å². The number of nitrogens with zero attached hydrogens (tertiary/aromatic N) is 1. The predicted octanol–water partition coefficient (Wildman–Crippen LogP) is 1.42. The standard InChI is InChI=1S/C9H5FINO4/c10-7-4(11)1-2-5-8(7)12(3-6(13)14)9(15)16-5/h1-2H,3H2,(H,13,14). The molecule has 0 aliphatic carbocycles. The van der Waals surface area contributed by atoms with E-state index in [9.17, 15) is 14.0 Å². The van der Waals surface area contributed by atoms with Crippen molar-refractivity contribution in [2.24, 2.45) is 0 Å². The van der Waals surface area contributed by atoms with Crippen LogP contribution in [0.15, 0.2) is 21.3 Å². The van der Waals surface area contributed by atoms with Crippen molar-refractivity contribution in [3.8, 4) is 0 Å². The molecule has 0 aliphatic heterocycles. The average Bonchev–Trinajstić information content (AvgIpc) is 2.50. The summed E-state index contributed by atoms with van der Waals surface area (Å²) >= 11 is 1.75. The summed E-state index contributed by atoms with van der Waals surface area (Å²) in [5.74, 6) is -2.76. The number of hydrogen-bond donors (Lipinski definition) is 1. The Hall–Kier alpha value is -1.38. The van der Waals surface area contributed by atoms with Crippen LogP contribution in [0.1, 0.15) is 0 Å². The number of oxazole rings is 1. The minimum atomic E-state index is -1.23. The van der Waals surface area contributed by atoms with Crippen molar-refractivity contribution in [2.45, 2.75) is 6.54 Å². The lowest BCUT2D eigenvalue weighted by atomic mass is 10.3. The Bertz CT molecular complexity index is 630. The smallest absolute Gasteiger partial charge is 0.420 e. The van der Waals surface area contributed by atoms with E-state index >= 15 is 0 Å². The zero-order valence-electron chi connectivity index (χ0n) is 7.74. The summed E-state index contributed by atoms with van der Waals surface area (Å²) < 4.78 is 19.5. The van der Waals surface area contributed by atoms with Crippen LogP contribution in [0.5, 0.6) is 0 Å². The Morgan fingerprint density at radius 2 is 2.25 bits per heavy atom. The van der Waals surface area contributed by atoms with Gasteiger partial charge >= 0.3 is 11.7 Å². The molecule has 1 aromatic carbocycles. The number of benzene rings is 1. The molecule has 0 amide bonds. The van der Waals surface area contributed by atoms with Gasteiger partial charge in [0.2, 0.25) is 0 Å². The van der Waals surface area contributed by atoms with Gasteiger partial charge in [0.05, 0.1) is 3.57 Å². The summed E-state index contributed by atoms with van der Waals surface area (Å²) in [6.07, 6.45) is 0. The first-order valence-electron chi connectivity index (χ1n) is 4.20. The molecule has 5 nitrogen and oxygen atoms in total. The molecule has 1 heterocycles. The number of halogens is 2. The van der Waals surface area contributed by atoms with Gasteiger partial charge < -0.3 is 9.52 Å². The quantitative estimate of drug-likeness (QED) is 0.842. The highest BCUT2D eigenvalue weighted by Gasteiger charge is 2.17. The highest BCUT2D eigenvalue weighted by atomic mass is 127. The van der Waals surface area contributed by atoms with E-state index in [1.807, 2.05) is 0 Å². The van der Waals surface area contributed by atoms with Crippen LogP contribution in [0.3, 0.4) is 0 Å². The number of aromatic nitrogens is 1. The summed E-state index contributed by atoms with van der Waals surface area (Å²) in [4.78, 5) is 21.8. The Morgan fingerprint density at radius 1 is 1.56 bits per heavy atom. The molecule has 0 atom stereocenters. The van der Waals surface area contributed by atoms with Crippen molar-refractivity contribution in [3.05, 3.63) is 32.1 Å². The van der Waals surface area contributed by atoms with Gasteiger partial charge in [0.15, 0.2) is 11.4 Å². The van der Waals surface area contributed by atoms with Crippen LogP contribution in [0.25, 0.3) is 11.1 Å². The third-order valence-corrected chi connectivity index (χ3v) is 2.85. The highest BCUT2D eigenvalue weighted by Crippen LogP contribution is 2.21. The van der Waals surface area contributed by atoms with Gasteiger partial charge in [-0.3, -0.25) is 9.36 Å². The normalized spacial score (nSPS) is 10.9. The van der Waals surface area contributed by atoms with E-state index in [1.165, 1.54) is 12.1 Å². The molecule has 16 heavy (non-hydrogen) atoms. The van der Waals surface area contributed by atoms with Crippen LogP contribution in [0.4, 0.5) is 4.39 Å². The van der Waals surface area contributed by atoms with Gasteiger partial charge in [0.1, 0.15) is 12.1 Å². The van der Waals surface area contributed by atoms with Gasteiger partial charge in [-0.15, -0.1) is 0 Å². The average molecular weight is 337 g/mol. The number of aliphatic carboxylic acids is 1. The van der Waals surface area contributed by atoms with Gasteiger partial charge in [-0.05, 0) is 34.7 Å². The van der Waals surface area contributed by atoms with Crippen molar-refractivity contribution in [1.29, 1.82) is 0 Å². The zero-order valence-corrected chi connectivity index (χ0v) is 9.89. The number of carboxylic acid groups (broad SMARTS) is 1. The van der Waals surface area contributed by atoms with Crippen molar-refractivity contribution in [3.63, 3.8) is 0 Å². The summed E-state index contributed by atoms with van der Waals surface area (Å²) in [5.41, 5.74) is -0.0662. The summed E-state index contributed by atoms with van der Waals surface area (Å²) in [6.45, 7) is -0.622. The van der Waals surface area contributed by atoms with Crippen LogP contribution in [0, 0.1) is 9.39 Å². The lowest BCUT2D eigenvalue weighted by Gasteiger charge is -1.99. The van der Waals surface area contributed by atoms with Gasteiger partial charge in [-0.1, -0.05) is 0 Å². The van der Waals surface area contributed by atoms with Gasteiger partial charge in [0.25, 0.3) is 0 Å². The largest absolute Gasteiger partial charge is 0.480 e. The third kappa shape index (κ3) is 1.70. The fourth-order valence-corrected chi connectivity index (χ4v) is 1.81. The van der Waals surface area contributed by atoms with E-state index in [-0.39, 0.29) is 11.1 Å². The zero-order chi connectivity index (χ0) is 11.9. The van der Waals surface area contributed by atoms with E-state index in [1.54, 1.807) is 22.6 Å². The molecule has 2 aromatic rings. The molecule has 0 bridgehead atoms. The predicted molar refractivity (Wildman–Crippen MR) is 60.8 cm³/mol. The summed E-state index contributed by atoms with van der Waals surface area (Å²) in [6, 6.07) is 2.88. The lowest BCUT2D eigenvalue weighted by molar-refractivity contribution is -0.137. The van der Waals surface area contributed by atoms with E-state index in [4.69, 9.17) is 9.52 Å². The van der Waals surface area contributed by atoms with E-state index in [2.05, 4.69) is 0 Å².